The van der Waals surface area contributed by atoms with E-state index >= 15 is 0 Å². The first kappa shape index (κ1) is 22.3. The molecule has 0 saturated carbocycles. The predicted octanol–water partition coefficient (Wildman–Crippen LogP) is 1.00. The van der Waals surface area contributed by atoms with Crippen molar-refractivity contribution in [2.45, 2.75) is 24.7 Å². The van der Waals surface area contributed by atoms with E-state index in [0.717, 1.165) is 37.6 Å². The van der Waals surface area contributed by atoms with Crippen LogP contribution in [0.15, 0.2) is 29.2 Å². The van der Waals surface area contributed by atoms with Crippen LogP contribution in [0.4, 0.5) is 11.6 Å². The summed E-state index contributed by atoms with van der Waals surface area (Å²) in [7, 11) is -2.37. The van der Waals surface area contributed by atoms with Crippen LogP contribution in [0, 0.1) is 6.92 Å². The highest BCUT2D eigenvalue weighted by Crippen LogP contribution is 2.27. The largest absolute Gasteiger partial charge is 0.496 e. The van der Waals surface area contributed by atoms with Crippen LogP contribution in [0.2, 0.25) is 0 Å². The Balaban J connectivity index is 1.50. The number of rotatable bonds is 6. The second kappa shape index (κ2) is 8.91. The summed E-state index contributed by atoms with van der Waals surface area (Å²) in [5, 5.41) is 0. The maximum Gasteiger partial charge on any atom is 0.252 e. The quantitative estimate of drug-likeness (QED) is 0.678. The Morgan fingerprint density at radius 3 is 2.12 bits per heavy atom. The van der Waals surface area contributed by atoms with E-state index in [0.29, 0.717) is 32.0 Å². The first-order chi connectivity index (χ1) is 15.3. The van der Waals surface area contributed by atoms with Crippen molar-refractivity contribution >= 4 is 27.6 Å². The number of aryl methyl sites for hydroxylation is 1. The maximum absolute atomic E-state index is 13.2. The lowest BCUT2D eigenvalue weighted by molar-refractivity contribution is 0.0997. The van der Waals surface area contributed by atoms with Gasteiger partial charge in [0, 0.05) is 45.3 Å². The van der Waals surface area contributed by atoms with Gasteiger partial charge in [-0.2, -0.15) is 4.31 Å². The molecule has 4 rings (SSSR count). The first-order valence-electron chi connectivity index (χ1n) is 10.6. The fourth-order valence-corrected chi connectivity index (χ4v) is 5.60. The van der Waals surface area contributed by atoms with Crippen molar-refractivity contribution in [2.75, 3.05) is 56.2 Å². The fraction of sp³-hybridized carbons (Fsp3) is 0.476. The third-order valence-electron chi connectivity index (χ3n) is 5.88. The third kappa shape index (κ3) is 4.35. The molecule has 1 aromatic heterocycles. The number of methoxy groups -OCH3 is 1. The Labute approximate surface area is 188 Å². The standard InChI is InChI=1S/C21H28N6O4S/c1-15-23-19(25-7-3-4-8-25)14-20(24-15)26-9-11-27(12-10-26)32(29,30)16-5-6-18(31-2)17(13-16)21(22)28/h5-6,13-14H,3-4,7-12H2,1-2H3,(H2,22,28). The zero-order valence-electron chi connectivity index (χ0n) is 18.3. The molecule has 2 aliphatic heterocycles. The molecule has 11 heteroatoms. The Kier molecular flexibility index (Phi) is 6.20. The minimum absolute atomic E-state index is 0.0229. The minimum Gasteiger partial charge on any atom is -0.496 e. The van der Waals surface area contributed by atoms with Crippen LogP contribution in [0.25, 0.3) is 0 Å². The molecule has 3 heterocycles. The molecule has 0 spiro atoms. The normalized spacial score (nSPS) is 17.6. The van der Waals surface area contributed by atoms with E-state index in [-0.39, 0.29) is 16.2 Å². The lowest BCUT2D eigenvalue weighted by atomic mass is 10.2. The number of aromatic nitrogens is 2. The molecule has 0 unspecified atom stereocenters. The number of sulfonamides is 1. The number of carbonyl (C=O) groups excluding carboxylic acids is 1. The number of benzene rings is 1. The summed E-state index contributed by atoms with van der Waals surface area (Å²) in [5.74, 6) is 1.96. The number of carbonyl (C=O) groups is 1. The Morgan fingerprint density at radius 2 is 1.56 bits per heavy atom. The summed E-state index contributed by atoms with van der Waals surface area (Å²) >= 11 is 0. The van der Waals surface area contributed by atoms with Gasteiger partial charge in [0.05, 0.1) is 17.6 Å². The van der Waals surface area contributed by atoms with Gasteiger partial charge in [0.15, 0.2) is 0 Å². The SMILES string of the molecule is COc1ccc(S(=O)(=O)N2CCN(c3cc(N4CCCC4)nc(C)n3)CC2)cc1C(N)=O. The van der Waals surface area contributed by atoms with E-state index in [1.54, 1.807) is 0 Å². The van der Waals surface area contributed by atoms with Gasteiger partial charge in [-0.05, 0) is 38.0 Å². The smallest absolute Gasteiger partial charge is 0.252 e. The molecule has 2 aromatic rings. The molecule has 0 bridgehead atoms. The van der Waals surface area contributed by atoms with Gasteiger partial charge in [0.2, 0.25) is 10.0 Å². The van der Waals surface area contributed by atoms with Crippen molar-refractivity contribution < 1.29 is 17.9 Å². The Morgan fingerprint density at radius 1 is 0.969 bits per heavy atom. The summed E-state index contributed by atoms with van der Waals surface area (Å²) < 4.78 is 32.9. The second-order valence-corrected chi connectivity index (χ2v) is 9.88. The molecule has 10 nitrogen and oxygen atoms in total. The molecule has 0 atom stereocenters. The van der Waals surface area contributed by atoms with Crippen LogP contribution in [0.1, 0.15) is 29.0 Å². The van der Waals surface area contributed by atoms with Crippen LogP contribution in [-0.2, 0) is 10.0 Å². The van der Waals surface area contributed by atoms with Gasteiger partial charge in [0.1, 0.15) is 23.2 Å². The topological polar surface area (TPSA) is 122 Å². The van der Waals surface area contributed by atoms with Crippen LogP contribution in [0.5, 0.6) is 5.75 Å². The molecular weight excluding hydrogens is 432 g/mol. The number of nitrogens with zero attached hydrogens (tertiary/aromatic N) is 5. The van der Waals surface area contributed by atoms with Gasteiger partial charge in [0.25, 0.3) is 5.91 Å². The minimum atomic E-state index is -3.78. The van der Waals surface area contributed by atoms with Gasteiger partial charge < -0.3 is 20.3 Å². The van der Waals surface area contributed by atoms with E-state index in [2.05, 4.69) is 19.8 Å². The summed E-state index contributed by atoms with van der Waals surface area (Å²) in [6.07, 6.45) is 2.33. The zero-order chi connectivity index (χ0) is 22.9. The van der Waals surface area contributed by atoms with Gasteiger partial charge in [-0.3, -0.25) is 4.79 Å². The molecule has 2 fully saturated rings. The maximum atomic E-state index is 13.2. The number of nitrogens with two attached hydrogens (primary N) is 1. The Bertz CT molecular complexity index is 1110. The number of hydrogen-bond donors (Lipinski definition) is 1. The summed E-state index contributed by atoms with van der Waals surface area (Å²) in [4.78, 5) is 25.2. The number of anilines is 2. The molecule has 2 saturated heterocycles. The average Bonchev–Trinajstić information content (AvgIpc) is 3.33. The van der Waals surface area contributed by atoms with E-state index in [9.17, 15) is 13.2 Å². The van der Waals surface area contributed by atoms with E-state index in [1.165, 1.54) is 29.6 Å². The van der Waals surface area contributed by atoms with Crippen LogP contribution >= 0.6 is 0 Å². The summed E-state index contributed by atoms with van der Waals surface area (Å²) in [6.45, 7) is 5.50. The van der Waals surface area contributed by atoms with Crippen molar-refractivity contribution in [2.24, 2.45) is 5.73 Å². The average molecular weight is 461 g/mol. The fourth-order valence-electron chi connectivity index (χ4n) is 4.15. The number of primary amides is 1. The lowest BCUT2D eigenvalue weighted by Gasteiger charge is -2.35. The summed E-state index contributed by atoms with van der Waals surface area (Å²) in [5.41, 5.74) is 5.42. The van der Waals surface area contributed by atoms with Crippen LogP contribution in [-0.4, -0.2) is 75.0 Å². The van der Waals surface area contributed by atoms with Crippen LogP contribution < -0.4 is 20.3 Å². The highest BCUT2D eigenvalue weighted by Gasteiger charge is 2.30. The molecule has 0 aliphatic carbocycles. The molecule has 1 amide bonds. The van der Waals surface area contributed by atoms with E-state index in [4.69, 9.17) is 10.5 Å². The molecule has 2 N–H and O–H groups in total. The molecule has 32 heavy (non-hydrogen) atoms. The predicted molar refractivity (Wildman–Crippen MR) is 121 cm³/mol. The van der Waals surface area contributed by atoms with Gasteiger partial charge in [-0.25, -0.2) is 18.4 Å². The first-order valence-corrected chi connectivity index (χ1v) is 12.1. The lowest BCUT2D eigenvalue weighted by Crippen LogP contribution is -2.49. The van der Waals surface area contributed by atoms with Crippen molar-refractivity contribution in [1.82, 2.24) is 14.3 Å². The molecule has 172 valence electrons. The third-order valence-corrected chi connectivity index (χ3v) is 7.77. The zero-order valence-corrected chi connectivity index (χ0v) is 19.1. The van der Waals surface area contributed by atoms with Crippen molar-refractivity contribution in [3.63, 3.8) is 0 Å². The van der Waals surface area contributed by atoms with Crippen molar-refractivity contribution in [3.8, 4) is 5.75 Å². The van der Waals surface area contributed by atoms with E-state index in [1.807, 2.05) is 13.0 Å². The van der Waals surface area contributed by atoms with E-state index < -0.39 is 15.9 Å². The molecular formula is C21H28N6O4S. The number of hydrogen-bond acceptors (Lipinski definition) is 8. The highest BCUT2D eigenvalue weighted by atomic mass is 32.2. The summed E-state index contributed by atoms with van der Waals surface area (Å²) in [6, 6.07) is 6.15. The molecule has 1 aromatic carbocycles. The van der Waals surface area contributed by atoms with Gasteiger partial charge in [-0.15, -0.1) is 0 Å². The van der Waals surface area contributed by atoms with Crippen molar-refractivity contribution in [1.29, 1.82) is 0 Å². The monoisotopic (exact) mass is 460 g/mol. The molecule has 0 radical (unpaired) electrons. The number of ether oxygens (including phenoxy) is 1. The van der Waals surface area contributed by atoms with Gasteiger partial charge >= 0.3 is 0 Å². The van der Waals surface area contributed by atoms with Crippen LogP contribution in [0.3, 0.4) is 0 Å². The van der Waals surface area contributed by atoms with Crippen molar-refractivity contribution in [3.05, 3.63) is 35.7 Å². The second-order valence-electron chi connectivity index (χ2n) is 7.94. The number of amides is 1. The Hall–Kier alpha value is -2.92. The van der Waals surface area contributed by atoms with Gasteiger partial charge in [-0.1, -0.05) is 0 Å². The highest BCUT2D eigenvalue weighted by molar-refractivity contribution is 7.89. The number of piperazine rings is 1. The molecule has 2 aliphatic rings.